The van der Waals surface area contributed by atoms with Crippen molar-refractivity contribution in [3.8, 4) is 0 Å². The monoisotopic (exact) mass is 255 g/mol. The predicted molar refractivity (Wildman–Crippen MR) is 66.2 cm³/mol. The van der Waals surface area contributed by atoms with Crippen LogP contribution in [-0.4, -0.2) is 56.2 Å². The van der Waals surface area contributed by atoms with Crippen molar-refractivity contribution in [3.05, 3.63) is 0 Å². The zero-order chi connectivity index (χ0) is 11.6. The molecular formula is C9H21NO3S2. The van der Waals surface area contributed by atoms with Crippen LogP contribution in [-0.2, 0) is 9.84 Å². The minimum atomic E-state index is -2.82. The number of nitrogens with one attached hydrogen (secondary N) is 1. The van der Waals surface area contributed by atoms with Gasteiger partial charge in [-0.15, -0.1) is 0 Å². The molecule has 0 saturated carbocycles. The van der Waals surface area contributed by atoms with Crippen LogP contribution in [0.4, 0.5) is 0 Å². The molecule has 0 aliphatic carbocycles. The number of sulfone groups is 1. The van der Waals surface area contributed by atoms with Crippen molar-refractivity contribution in [1.29, 1.82) is 0 Å². The molecule has 4 nitrogen and oxygen atoms in total. The molecule has 0 aliphatic heterocycles. The zero-order valence-electron chi connectivity index (χ0n) is 9.24. The molecule has 0 aliphatic rings. The molecule has 0 spiro atoms. The maximum Gasteiger partial charge on any atom is 0.151 e. The highest BCUT2D eigenvalue weighted by Gasteiger charge is 2.05. The van der Waals surface area contributed by atoms with Gasteiger partial charge in [-0.3, -0.25) is 0 Å². The molecule has 0 amide bonds. The van der Waals surface area contributed by atoms with E-state index in [1.807, 2.05) is 0 Å². The summed E-state index contributed by atoms with van der Waals surface area (Å²) >= 11 is 1.77. The van der Waals surface area contributed by atoms with E-state index in [9.17, 15) is 8.42 Å². The van der Waals surface area contributed by atoms with E-state index in [4.69, 9.17) is 5.11 Å². The van der Waals surface area contributed by atoms with Crippen LogP contribution in [0.1, 0.15) is 13.3 Å². The van der Waals surface area contributed by atoms with Crippen LogP contribution >= 0.6 is 11.8 Å². The van der Waals surface area contributed by atoms with Crippen molar-refractivity contribution in [2.75, 3.05) is 42.7 Å². The third-order valence-corrected chi connectivity index (χ3v) is 4.68. The van der Waals surface area contributed by atoms with Crippen molar-refractivity contribution >= 4 is 21.6 Å². The SMILES string of the molecule is CCS(=O)(=O)CCNCCSCCCO. The smallest absolute Gasteiger partial charge is 0.151 e. The van der Waals surface area contributed by atoms with E-state index in [-0.39, 0.29) is 18.1 Å². The Morgan fingerprint density at radius 1 is 1.27 bits per heavy atom. The average molecular weight is 255 g/mol. The second-order valence-corrected chi connectivity index (χ2v) is 6.87. The lowest BCUT2D eigenvalue weighted by molar-refractivity contribution is 0.296. The lowest BCUT2D eigenvalue weighted by Gasteiger charge is -2.04. The van der Waals surface area contributed by atoms with Gasteiger partial charge in [-0.2, -0.15) is 11.8 Å². The molecule has 0 aromatic carbocycles. The van der Waals surface area contributed by atoms with Gasteiger partial charge in [0, 0.05) is 31.2 Å². The summed E-state index contributed by atoms with van der Waals surface area (Å²) in [4.78, 5) is 0. The highest BCUT2D eigenvalue weighted by atomic mass is 32.2. The standard InChI is InChI=1S/C9H21NO3S2/c1-2-15(12,13)9-5-10-4-8-14-7-3-6-11/h10-11H,2-9H2,1H3. The highest BCUT2D eigenvalue weighted by molar-refractivity contribution is 7.99. The summed E-state index contributed by atoms with van der Waals surface area (Å²) in [5.74, 6) is 2.38. The van der Waals surface area contributed by atoms with Crippen molar-refractivity contribution < 1.29 is 13.5 Å². The van der Waals surface area contributed by atoms with E-state index in [0.29, 0.717) is 6.54 Å². The Hall–Kier alpha value is 0.220. The highest BCUT2D eigenvalue weighted by Crippen LogP contribution is 1.99. The number of rotatable bonds is 10. The average Bonchev–Trinajstić information content (AvgIpc) is 2.22. The van der Waals surface area contributed by atoms with Gasteiger partial charge in [0.2, 0.25) is 0 Å². The van der Waals surface area contributed by atoms with Crippen LogP contribution in [0.15, 0.2) is 0 Å². The Labute approximate surface area is 96.8 Å². The lowest BCUT2D eigenvalue weighted by Crippen LogP contribution is -2.25. The molecule has 2 N–H and O–H groups in total. The molecule has 15 heavy (non-hydrogen) atoms. The Bertz CT molecular complexity index is 230. The summed E-state index contributed by atoms with van der Waals surface area (Å²) in [5, 5.41) is 11.6. The maximum atomic E-state index is 11.1. The van der Waals surface area contributed by atoms with Crippen molar-refractivity contribution in [2.24, 2.45) is 0 Å². The Balaban J connectivity index is 3.19. The maximum absolute atomic E-state index is 11.1. The van der Waals surface area contributed by atoms with Crippen LogP contribution < -0.4 is 5.32 Å². The molecular weight excluding hydrogens is 234 g/mol. The largest absolute Gasteiger partial charge is 0.396 e. The third kappa shape index (κ3) is 10.5. The van der Waals surface area contributed by atoms with Gasteiger partial charge in [-0.05, 0) is 12.2 Å². The zero-order valence-corrected chi connectivity index (χ0v) is 10.9. The van der Waals surface area contributed by atoms with Gasteiger partial charge in [0.25, 0.3) is 0 Å². The van der Waals surface area contributed by atoms with Gasteiger partial charge in [0.1, 0.15) is 0 Å². The van der Waals surface area contributed by atoms with E-state index in [0.717, 1.165) is 24.5 Å². The first-order valence-corrected chi connectivity index (χ1v) is 8.19. The fourth-order valence-electron chi connectivity index (χ4n) is 0.910. The summed E-state index contributed by atoms with van der Waals surface area (Å²) in [5.41, 5.74) is 0. The number of aliphatic hydroxyl groups excluding tert-OH is 1. The second kappa shape index (κ2) is 9.45. The van der Waals surface area contributed by atoms with E-state index < -0.39 is 9.84 Å². The summed E-state index contributed by atoms with van der Waals surface area (Å²) < 4.78 is 22.2. The first-order chi connectivity index (χ1) is 7.12. The van der Waals surface area contributed by atoms with Crippen LogP contribution in [0.2, 0.25) is 0 Å². The fraction of sp³-hybridized carbons (Fsp3) is 1.00. The van der Waals surface area contributed by atoms with Crippen LogP contribution in [0.25, 0.3) is 0 Å². The number of aliphatic hydroxyl groups is 1. The topological polar surface area (TPSA) is 66.4 Å². The molecule has 0 fully saturated rings. The number of thioether (sulfide) groups is 1. The molecule has 0 atom stereocenters. The van der Waals surface area contributed by atoms with Gasteiger partial charge < -0.3 is 10.4 Å². The quantitative estimate of drug-likeness (QED) is 0.543. The first-order valence-electron chi connectivity index (χ1n) is 5.22. The third-order valence-electron chi connectivity index (χ3n) is 1.90. The minimum Gasteiger partial charge on any atom is -0.396 e. The summed E-state index contributed by atoms with van der Waals surface area (Å²) in [6, 6.07) is 0. The van der Waals surface area contributed by atoms with Crippen molar-refractivity contribution in [1.82, 2.24) is 5.32 Å². The molecule has 0 aromatic rings. The van der Waals surface area contributed by atoms with Gasteiger partial charge in [-0.25, -0.2) is 8.42 Å². The normalized spacial score (nSPS) is 11.9. The van der Waals surface area contributed by atoms with Gasteiger partial charge in [-0.1, -0.05) is 6.92 Å². The summed E-state index contributed by atoms with van der Waals surface area (Å²) in [6.45, 7) is 3.28. The molecule has 0 heterocycles. The van der Waals surface area contributed by atoms with Crippen molar-refractivity contribution in [3.63, 3.8) is 0 Å². The molecule has 0 saturated heterocycles. The lowest BCUT2D eigenvalue weighted by atomic mass is 10.5. The van der Waals surface area contributed by atoms with Crippen LogP contribution in [0.5, 0.6) is 0 Å². The first kappa shape index (κ1) is 15.2. The molecule has 0 rings (SSSR count). The number of hydrogen-bond donors (Lipinski definition) is 2. The molecule has 6 heteroatoms. The minimum absolute atomic E-state index is 0.222. The van der Waals surface area contributed by atoms with E-state index in [1.165, 1.54) is 0 Å². The van der Waals surface area contributed by atoms with E-state index in [1.54, 1.807) is 18.7 Å². The molecule has 92 valence electrons. The Morgan fingerprint density at radius 3 is 2.60 bits per heavy atom. The van der Waals surface area contributed by atoms with Crippen molar-refractivity contribution in [2.45, 2.75) is 13.3 Å². The van der Waals surface area contributed by atoms with Crippen LogP contribution in [0.3, 0.4) is 0 Å². The molecule has 0 unspecified atom stereocenters. The molecule has 0 radical (unpaired) electrons. The Kier molecular flexibility index (Phi) is 9.58. The summed E-state index contributed by atoms with van der Waals surface area (Å²) in [7, 11) is -2.82. The summed E-state index contributed by atoms with van der Waals surface area (Å²) in [6.07, 6.45) is 0.828. The second-order valence-electron chi connectivity index (χ2n) is 3.18. The van der Waals surface area contributed by atoms with Gasteiger partial charge >= 0.3 is 0 Å². The number of hydrogen-bond acceptors (Lipinski definition) is 5. The fourth-order valence-corrected chi connectivity index (χ4v) is 2.48. The van der Waals surface area contributed by atoms with E-state index >= 15 is 0 Å². The predicted octanol–water partition coefficient (Wildman–Crippen LogP) is 0.126. The van der Waals surface area contributed by atoms with Gasteiger partial charge in [0.05, 0.1) is 5.75 Å². The molecule has 0 bridgehead atoms. The Morgan fingerprint density at radius 2 is 2.00 bits per heavy atom. The van der Waals surface area contributed by atoms with E-state index in [2.05, 4.69) is 5.32 Å². The van der Waals surface area contributed by atoms with Crippen LogP contribution in [0, 0.1) is 0 Å². The molecule has 0 aromatic heterocycles. The van der Waals surface area contributed by atoms with Gasteiger partial charge in [0.15, 0.2) is 9.84 Å².